The third kappa shape index (κ3) is 4.08. The van der Waals surface area contributed by atoms with Crippen molar-refractivity contribution in [3.05, 3.63) is 47.8 Å². The van der Waals surface area contributed by atoms with Gasteiger partial charge in [-0.1, -0.05) is 32.0 Å². The smallest absolute Gasteiger partial charge is 0.193 e. The van der Waals surface area contributed by atoms with Crippen molar-refractivity contribution in [2.75, 3.05) is 11.9 Å². The Labute approximate surface area is 125 Å². The lowest BCUT2D eigenvalue weighted by Gasteiger charge is -2.14. The molecule has 0 amide bonds. The van der Waals surface area contributed by atoms with Gasteiger partial charge >= 0.3 is 0 Å². The number of hydrogen-bond donors (Lipinski definition) is 2. The van der Waals surface area contributed by atoms with E-state index in [9.17, 15) is 0 Å². The molecule has 21 heavy (non-hydrogen) atoms. The molecular formula is C16H23N5. The first-order chi connectivity index (χ1) is 10.2. The van der Waals surface area contributed by atoms with Crippen molar-refractivity contribution in [3.8, 4) is 0 Å². The van der Waals surface area contributed by atoms with Crippen LogP contribution in [0, 0.1) is 0 Å². The molecule has 1 aromatic heterocycles. The second-order valence-electron chi connectivity index (χ2n) is 4.82. The molecule has 5 heteroatoms. The zero-order valence-electron chi connectivity index (χ0n) is 12.7. The van der Waals surface area contributed by atoms with Crippen LogP contribution in [0.1, 0.15) is 25.0 Å². The van der Waals surface area contributed by atoms with Crippen LogP contribution in [0.4, 0.5) is 5.69 Å². The summed E-state index contributed by atoms with van der Waals surface area (Å²) in [5, 5.41) is 7.40. The summed E-state index contributed by atoms with van der Waals surface area (Å²) in [7, 11) is 0. The van der Waals surface area contributed by atoms with E-state index in [1.54, 1.807) is 6.20 Å². The van der Waals surface area contributed by atoms with Gasteiger partial charge in [0.15, 0.2) is 5.96 Å². The van der Waals surface area contributed by atoms with Gasteiger partial charge in [-0.3, -0.25) is 9.67 Å². The second kappa shape index (κ2) is 7.47. The minimum absolute atomic E-state index is 0.456. The van der Waals surface area contributed by atoms with Gasteiger partial charge in [0.2, 0.25) is 0 Å². The highest BCUT2D eigenvalue weighted by Crippen LogP contribution is 2.22. The molecule has 112 valence electrons. The van der Waals surface area contributed by atoms with E-state index in [1.165, 1.54) is 11.1 Å². The number of hydrogen-bond acceptors (Lipinski definition) is 2. The number of guanidine groups is 1. The molecule has 0 bridgehead atoms. The number of anilines is 1. The molecule has 0 radical (unpaired) electrons. The van der Waals surface area contributed by atoms with Gasteiger partial charge in [0.1, 0.15) is 0 Å². The van der Waals surface area contributed by atoms with Gasteiger partial charge in [0, 0.05) is 18.1 Å². The van der Waals surface area contributed by atoms with E-state index in [4.69, 9.17) is 5.73 Å². The van der Waals surface area contributed by atoms with E-state index in [0.29, 0.717) is 12.5 Å². The van der Waals surface area contributed by atoms with Crippen LogP contribution in [0.15, 0.2) is 41.7 Å². The Kier molecular flexibility index (Phi) is 5.37. The quantitative estimate of drug-likeness (QED) is 0.632. The summed E-state index contributed by atoms with van der Waals surface area (Å²) in [5.41, 5.74) is 9.63. The Morgan fingerprint density at radius 2 is 1.95 bits per heavy atom. The number of para-hydroxylation sites is 1. The highest BCUT2D eigenvalue weighted by Gasteiger charge is 2.06. The number of nitrogens with one attached hydrogen (secondary N) is 1. The lowest BCUT2D eigenvalue weighted by atomic mass is 10.0. The van der Waals surface area contributed by atoms with Gasteiger partial charge in [-0.2, -0.15) is 5.10 Å². The number of rotatable bonds is 6. The first kappa shape index (κ1) is 15.1. The van der Waals surface area contributed by atoms with Gasteiger partial charge < -0.3 is 11.1 Å². The minimum atomic E-state index is 0.456. The third-order valence-corrected chi connectivity index (χ3v) is 3.42. The highest BCUT2D eigenvalue weighted by atomic mass is 15.3. The topological polar surface area (TPSA) is 68.2 Å². The Morgan fingerprint density at radius 1 is 1.24 bits per heavy atom. The van der Waals surface area contributed by atoms with Crippen LogP contribution >= 0.6 is 0 Å². The van der Waals surface area contributed by atoms with Gasteiger partial charge in [-0.25, -0.2) is 0 Å². The van der Waals surface area contributed by atoms with E-state index in [0.717, 1.165) is 25.1 Å². The van der Waals surface area contributed by atoms with E-state index >= 15 is 0 Å². The monoisotopic (exact) mass is 285 g/mol. The van der Waals surface area contributed by atoms with E-state index in [-0.39, 0.29) is 0 Å². The summed E-state index contributed by atoms with van der Waals surface area (Å²) in [4.78, 5) is 4.37. The Bertz CT molecular complexity index is 564. The molecule has 0 fully saturated rings. The van der Waals surface area contributed by atoms with Gasteiger partial charge in [0.05, 0.1) is 13.1 Å². The zero-order chi connectivity index (χ0) is 15.1. The molecule has 2 aromatic rings. The summed E-state index contributed by atoms with van der Waals surface area (Å²) in [6.07, 6.45) is 5.62. The molecular weight excluding hydrogens is 262 g/mol. The Hall–Kier alpha value is -2.30. The minimum Gasteiger partial charge on any atom is -0.370 e. The summed E-state index contributed by atoms with van der Waals surface area (Å²) in [6, 6.07) is 8.24. The maximum Gasteiger partial charge on any atom is 0.193 e. The average Bonchev–Trinajstić information content (AvgIpc) is 3.00. The lowest BCUT2D eigenvalue weighted by Crippen LogP contribution is -2.25. The van der Waals surface area contributed by atoms with Crippen molar-refractivity contribution in [3.63, 3.8) is 0 Å². The summed E-state index contributed by atoms with van der Waals surface area (Å²) in [6.45, 7) is 5.62. The number of aromatic nitrogens is 2. The number of aryl methyl sites for hydroxylation is 2. The number of aliphatic imine (C=N–C) groups is 1. The van der Waals surface area contributed by atoms with Crippen LogP contribution in [-0.4, -0.2) is 22.3 Å². The standard InChI is InChI=1S/C16H23N5/c1-3-13-7-5-8-14(4-2)15(13)20-16(17)18-10-12-21-11-6-9-19-21/h5-9,11H,3-4,10,12H2,1-2H3,(H3,17,18,20). The SMILES string of the molecule is CCc1cccc(CC)c1NC(N)=NCCn1cccn1. The molecule has 0 unspecified atom stereocenters. The molecule has 0 aliphatic heterocycles. The van der Waals surface area contributed by atoms with Crippen LogP contribution in [-0.2, 0) is 19.4 Å². The summed E-state index contributed by atoms with van der Waals surface area (Å²) < 4.78 is 1.84. The van der Waals surface area contributed by atoms with Crippen molar-refractivity contribution in [2.24, 2.45) is 10.7 Å². The fraction of sp³-hybridized carbons (Fsp3) is 0.375. The third-order valence-electron chi connectivity index (χ3n) is 3.42. The fourth-order valence-electron chi connectivity index (χ4n) is 2.28. The van der Waals surface area contributed by atoms with Crippen molar-refractivity contribution in [1.82, 2.24) is 9.78 Å². The number of benzene rings is 1. The van der Waals surface area contributed by atoms with Gasteiger partial charge in [-0.05, 0) is 30.0 Å². The number of nitrogens with zero attached hydrogens (tertiary/aromatic N) is 3. The zero-order valence-corrected chi connectivity index (χ0v) is 12.7. The Balaban J connectivity index is 2.03. The first-order valence-corrected chi connectivity index (χ1v) is 7.39. The van der Waals surface area contributed by atoms with Crippen LogP contribution in [0.5, 0.6) is 0 Å². The normalized spacial score (nSPS) is 11.6. The van der Waals surface area contributed by atoms with E-state index in [2.05, 4.69) is 47.5 Å². The van der Waals surface area contributed by atoms with Crippen molar-refractivity contribution in [2.45, 2.75) is 33.2 Å². The Morgan fingerprint density at radius 3 is 2.52 bits per heavy atom. The van der Waals surface area contributed by atoms with E-state index in [1.807, 2.05) is 16.9 Å². The van der Waals surface area contributed by atoms with Gasteiger partial charge in [-0.15, -0.1) is 0 Å². The van der Waals surface area contributed by atoms with Gasteiger partial charge in [0.25, 0.3) is 0 Å². The fourth-order valence-corrected chi connectivity index (χ4v) is 2.28. The van der Waals surface area contributed by atoms with Crippen LogP contribution in [0.2, 0.25) is 0 Å². The van der Waals surface area contributed by atoms with E-state index < -0.39 is 0 Å². The van der Waals surface area contributed by atoms with Crippen molar-refractivity contribution >= 4 is 11.6 Å². The molecule has 3 N–H and O–H groups in total. The highest BCUT2D eigenvalue weighted by molar-refractivity contribution is 5.93. The number of nitrogens with two attached hydrogens (primary N) is 1. The average molecular weight is 285 g/mol. The second-order valence-corrected chi connectivity index (χ2v) is 4.82. The molecule has 0 aliphatic rings. The predicted molar refractivity (Wildman–Crippen MR) is 87.5 cm³/mol. The molecule has 2 rings (SSSR count). The van der Waals surface area contributed by atoms with Crippen molar-refractivity contribution < 1.29 is 0 Å². The molecule has 0 aliphatic carbocycles. The molecule has 0 saturated carbocycles. The molecule has 0 saturated heterocycles. The molecule has 0 atom stereocenters. The van der Waals surface area contributed by atoms with Crippen LogP contribution in [0.25, 0.3) is 0 Å². The largest absolute Gasteiger partial charge is 0.370 e. The predicted octanol–water partition coefficient (Wildman–Crippen LogP) is 2.43. The summed E-state index contributed by atoms with van der Waals surface area (Å²) in [5.74, 6) is 0.456. The van der Waals surface area contributed by atoms with Crippen LogP contribution < -0.4 is 11.1 Å². The lowest BCUT2D eigenvalue weighted by molar-refractivity contribution is 0.625. The molecule has 5 nitrogen and oxygen atoms in total. The molecule has 0 spiro atoms. The van der Waals surface area contributed by atoms with Crippen LogP contribution in [0.3, 0.4) is 0 Å². The molecule has 1 aromatic carbocycles. The van der Waals surface area contributed by atoms with Crippen molar-refractivity contribution in [1.29, 1.82) is 0 Å². The first-order valence-electron chi connectivity index (χ1n) is 7.39. The molecule has 1 heterocycles. The maximum atomic E-state index is 6.00. The maximum absolute atomic E-state index is 6.00. The summed E-state index contributed by atoms with van der Waals surface area (Å²) >= 11 is 0.